The van der Waals surface area contributed by atoms with Gasteiger partial charge in [-0.2, -0.15) is 0 Å². The lowest BCUT2D eigenvalue weighted by atomic mass is 10.3. The van der Waals surface area contributed by atoms with Gasteiger partial charge in [0.05, 0.1) is 16.8 Å². The van der Waals surface area contributed by atoms with Crippen molar-refractivity contribution in [1.29, 1.82) is 0 Å². The first-order valence-electron chi connectivity index (χ1n) is 5.07. The Morgan fingerprint density at radius 2 is 2.27 bits per heavy atom. The van der Waals surface area contributed by atoms with E-state index in [1.54, 1.807) is 11.3 Å². The first-order valence-corrected chi connectivity index (χ1v) is 5.89. The quantitative estimate of drug-likeness (QED) is 0.737. The molecule has 0 N–H and O–H groups in total. The molecule has 1 atom stereocenters. The predicted molar refractivity (Wildman–Crippen MR) is 61.3 cm³/mol. The van der Waals surface area contributed by atoms with Crippen molar-refractivity contribution in [3.63, 3.8) is 0 Å². The molecule has 2 heterocycles. The molecule has 3 rings (SSSR count). The molecule has 0 amide bonds. The molecule has 2 aromatic rings. The van der Waals surface area contributed by atoms with Gasteiger partial charge in [-0.25, -0.2) is 9.37 Å². The topological polar surface area (TPSA) is 16.1 Å². The number of aromatic nitrogens is 1. The molecule has 78 valence electrons. The van der Waals surface area contributed by atoms with Gasteiger partial charge in [-0.1, -0.05) is 23.5 Å². The van der Waals surface area contributed by atoms with E-state index in [-0.39, 0.29) is 0 Å². The van der Waals surface area contributed by atoms with Crippen LogP contribution in [-0.2, 0) is 0 Å². The fraction of sp³-hybridized carbons (Fsp3) is 0.364. The average molecular weight is 222 g/mol. The smallest absolute Gasteiger partial charge is 0.186 e. The summed E-state index contributed by atoms with van der Waals surface area (Å²) in [5.74, 6) is 0. The number of halogens is 1. The highest BCUT2D eigenvalue weighted by Gasteiger charge is 2.24. The van der Waals surface area contributed by atoms with E-state index in [1.165, 1.54) is 4.70 Å². The zero-order valence-electron chi connectivity index (χ0n) is 8.19. The number of hydrogen-bond acceptors (Lipinski definition) is 3. The molecule has 1 aliphatic rings. The molecule has 1 fully saturated rings. The van der Waals surface area contributed by atoms with Crippen molar-refractivity contribution in [3.8, 4) is 0 Å². The van der Waals surface area contributed by atoms with E-state index in [0.29, 0.717) is 13.0 Å². The highest BCUT2D eigenvalue weighted by molar-refractivity contribution is 7.22. The molecule has 1 aliphatic heterocycles. The first-order chi connectivity index (χ1) is 7.33. The summed E-state index contributed by atoms with van der Waals surface area (Å²) in [6.45, 7) is 1.29. The van der Waals surface area contributed by atoms with Crippen LogP contribution in [0.1, 0.15) is 6.42 Å². The van der Waals surface area contributed by atoms with Crippen LogP contribution in [0.4, 0.5) is 9.52 Å². The maximum absolute atomic E-state index is 13.1. The van der Waals surface area contributed by atoms with Crippen LogP contribution >= 0.6 is 11.3 Å². The number of para-hydroxylation sites is 1. The van der Waals surface area contributed by atoms with Crippen LogP contribution in [0, 0.1) is 0 Å². The standard InChI is InChI=1S/C11H11FN2S/c12-8-5-6-14(7-8)11-13-9-3-1-2-4-10(9)15-11/h1-4,8H,5-7H2. The minimum atomic E-state index is -0.683. The van der Waals surface area contributed by atoms with Gasteiger partial charge in [-0.15, -0.1) is 0 Å². The molecular formula is C11H11FN2S. The number of anilines is 1. The number of fused-ring (bicyclic) bond motifs is 1. The Kier molecular flexibility index (Phi) is 2.09. The second-order valence-corrected chi connectivity index (χ2v) is 4.81. The van der Waals surface area contributed by atoms with Gasteiger partial charge in [0.1, 0.15) is 6.17 Å². The van der Waals surface area contributed by atoms with Crippen molar-refractivity contribution in [2.75, 3.05) is 18.0 Å². The minimum absolute atomic E-state index is 0.500. The molecule has 1 aromatic heterocycles. The van der Waals surface area contributed by atoms with Crippen molar-refractivity contribution in [2.45, 2.75) is 12.6 Å². The summed E-state index contributed by atoms with van der Waals surface area (Å²) < 4.78 is 14.2. The summed E-state index contributed by atoms with van der Waals surface area (Å²) in [5.41, 5.74) is 1.01. The summed E-state index contributed by atoms with van der Waals surface area (Å²) in [6.07, 6.45) is -0.0485. The first kappa shape index (κ1) is 9.09. The molecule has 4 heteroatoms. The van der Waals surface area contributed by atoms with E-state index in [1.807, 2.05) is 23.1 Å². The molecule has 0 bridgehead atoms. The maximum Gasteiger partial charge on any atom is 0.186 e. The molecule has 0 aliphatic carbocycles. The summed E-state index contributed by atoms with van der Waals surface area (Å²) in [4.78, 5) is 6.54. The van der Waals surface area contributed by atoms with E-state index < -0.39 is 6.17 Å². The SMILES string of the molecule is FC1CCN(c2nc3ccccc3s2)C1. The van der Waals surface area contributed by atoms with Crippen molar-refractivity contribution in [2.24, 2.45) is 0 Å². The second kappa shape index (κ2) is 3.45. The molecule has 0 radical (unpaired) electrons. The Labute approximate surface area is 91.4 Å². The molecule has 0 saturated carbocycles. The van der Waals surface area contributed by atoms with Crippen molar-refractivity contribution >= 4 is 26.7 Å². The van der Waals surface area contributed by atoms with Gasteiger partial charge in [0, 0.05) is 6.54 Å². The van der Waals surface area contributed by atoms with Gasteiger partial charge in [-0.3, -0.25) is 0 Å². The average Bonchev–Trinajstić information content (AvgIpc) is 2.82. The normalized spacial score (nSPS) is 21.4. The third-order valence-electron chi connectivity index (χ3n) is 2.68. The van der Waals surface area contributed by atoms with Gasteiger partial charge in [0.25, 0.3) is 0 Å². The Morgan fingerprint density at radius 3 is 3.00 bits per heavy atom. The van der Waals surface area contributed by atoms with Crippen LogP contribution in [0.5, 0.6) is 0 Å². The van der Waals surface area contributed by atoms with Gasteiger partial charge >= 0.3 is 0 Å². The lowest BCUT2D eigenvalue weighted by Gasteiger charge is -2.11. The highest BCUT2D eigenvalue weighted by Crippen LogP contribution is 2.30. The monoisotopic (exact) mass is 222 g/mol. The molecule has 2 nitrogen and oxygen atoms in total. The van der Waals surface area contributed by atoms with Crippen LogP contribution in [0.25, 0.3) is 10.2 Å². The van der Waals surface area contributed by atoms with E-state index in [2.05, 4.69) is 11.1 Å². The minimum Gasteiger partial charge on any atom is -0.345 e. The molecular weight excluding hydrogens is 211 g/mol. The Balaban J connectivity index is 1.98. The number of hydrogen-bond donors (Lipinski definition) is 0. The molecule has 0 spiro atoms. The number of benzene rings is 1. The number of nitrogens with zero attached hydrogens (tertiary/aromatic N) is 2. The van der Waals surface area contributed by atoms with Crippen LogP contribution in [0.15, 0.2) is 24.3 Å². The molecule has 15 heavy (non-hydrogen) atoms. The van der Waals surface area contributed by atoms with Gasteiger partial charge in [0.15, 0.2) is 5.13 Å². The fourth-order valence-electron chi connectivity index (χ4n) is 1.89. The Hall–Kier alpha value is -1.16. The second-order valence-electron chi connectivity index (χ2n) is 3.80. The largest absolute Gasteiger partial charge is 0.345 e. The van der Waals surface area contributed by atoms with Crippen molar-refractivity contribution < 1.29 is 4.39 Å². The zero-order chi connectivity index (χ0) is 10.3. The van der Waals surface area contributed by atoms with Gasteiger partial charge in [-0.05, 0) is 18.6 Å². The van der Waals surface area contributed by atoms with E-state index in [0.717, 1.165) is 17.2 Å². The van der Waals surface area contributed by atoms with Crippen LogP contribution in [-0.4, -0.2) is 24.2 Å². The summed E-state index contributed by atoms with van der Waals surface area (Å²) in [7, 11) is 0. The lowest BCUT2D eigenvalue weighted by Crippen LogP contribution is -2.19. The van der Waals surface area contributed by atoms with Crippen LogP contribution in [0.2, 0.25) is 0 Å². The third kappa shape index (κ3) is 1.59. The predicted octanol–water partition coefficient (Wildman–Crippen LogP) is 2.84. The zero-order valence-corrected chi connectivity index (χ0v) is 9.01. The molecule has 1 unspecified atom stereocenters. The molecule has 1 aromatic carbocycles. The number of rotatable bonds is 1. The number of alkyl halides is 1. The van der Waals surface area contributed by atoms with Gasteiger partial charge in [0.2, 0.25) is 0 Å². The summed E-state index contributed by atoms with van der Waals surface area (Å²) in [5, 5.41) is 0.955. The van der Waals surface area contributed by atoms with E-state index in [9.17, 15) is 4.39 Å². The van der Waals surface area contributed by atoms with Gasteiger partial charge < -0.3 is 4.90 Å². The third-order valence-corrected chi connectivity index (χ3v) is 3.78. The number of thiazole rings is 1. The van der Waals surface area contributed by atoms with Crippen molar-refractivity contribution in [1.82, 2.24) is 4.98 Å². The van der Waals surface area contributed by atoms with Crippen LogP contribution in [0.3, 0.4) is 0 Å². The van der Waals surface area contributed by atoms with E-state index in [4.69, 9.17) is 0 Å². The summed E-state index contributed by atoms with van der Waals surface area (Å²) in [6, 6.07) is 8.04. The summed E-state index contributed by atoms with van der Waals surface area (Å²) >= 11 is 1.64. The molecule has 1 saturated heterocycles. The Morgan fingerprint density at radius 1 is 1.40 bits per heavy atom. The maximum atomic E-state index is 13.1. The van der Waals surface area contributed by atoms with E-state index >= 15 is 0 Å². The van der Waals surface area contributed by atoms with Crippen LogP contribution < -0.4 is 4.90 Å². The highest BCUT2D eigenvalue weighted by atomic mass is 32.1. The lowest BCUT2D eigenvalue weighted by molar-refractivity contribution is 0.364. The Bertz CT molecular complexity index is 449. The van der Waals surface area contributed by atoms with Crippen molar-refractivity contribution in [3.05, 3.63) is 24.3 Å². The fourth-order valence-corrected chi connectivity index (χ4v) is 2.89.